The lowest BCUT2D eigenvalue weighted by Crippen LogP contribution is -2.40. The van der Waals surface area contributed by atoms with Gasteiger partial charge in [-0.1, -0.05) is 17.7 Å². The predicted molar refractivity (Wildman–Crippen MR) is 91.1 cm³/mol. The van der Waals surface area contributed by atoms with Crippen molar-refractivity contribution in [2.75, 3.05) is 6.61 Å². The summed E-state index contributed by atoms with van der Waals surface area (Å²) >= 11 is 0. The summed E-state index contributed by atoms with van der Waals surface area (Å²) in [6, 6.07) is 1.27. The number of phenolic OH excluding ortho intramolecular Hbond substituents is 2. The van der Waals surface area contributed by atoms with Crippen LogP contribution in [-0.4, -0.2) is 45.8 Å². The van der Waals surface area contributed by atoms with Crippen molar-refractivity contribution in [2.24, 2.45) is 5.73 Å². The van der Waals surface area contributed by atoms with Gasteiger partial charge >= 0.3 is 5.97 Å². The van der Waals surface area contributed by atoms with Crippen LogP contribution in [0.4, 0.5) is 0 Å². The molecule has 25 heavy (non-hydrogen) atoms. The number of benzene rings is 1. The lowest BCUT2D eigenvalue weighted by molar-refractivity contribution is -0.118. The summed E-state index contributed by atoms with van der Waals surface area (Å²) in [7, 11) is 0. The number of hydrogen-bond donors (Lipinski definition) is 4. The van der Waals surface area contributed by atoms with Crippen LogP contribution in [0, 0.1) is 0 Å². The molecule has 0 spiro atoms. The molecular formula is C18H21NO6. The fraction of sp³-hybridized carbons (Fsp3) is 0.333. The molecule has 1 aromatic rings. The molecule has 0 aliphatic carbocycles. The first-order chi connectivity index (χ1) is 11.8. The maximum Gasteiger partial charge on any atom is 0.342 e. The number of aliphatic hydroxyl groups excluding tert-OH is 1. The van der Waals surface area contributed by atoms with E-state index in [1.165, 1.54) is 24.3 Å². The van der Waals surface area contributed by atoms with Crippen molar-refractivity contribution in [1.82, 2.24) is 0 Å². The van der Waals surface area contributed by atoms with Crippen molar-refractivity contribution >= 4 is 17.8 Å². The topological polar surface area (TPSA) is 130 Å². The van der Waals surface area contributed by atoms with Crippen LogP contribution in [-0.2, 0) is 9.53 Å². The van der Waals surface area contributed by atoms with E-state index in [4.69, 9.17) is 10.5 Å². The molecule has 0 saturated heterocycles. The van der Waals surface area contributed by atoms with Gasteiger partial charge in [-0.05, 0) is 31.1 Å². The Morgan fingerprint density at radius 3 is 2.68 bits per heavy atom. The molecule has 5 N–H and O–H groups in total. The van der Waals surface area contributed by atoms with Crippen molar-refractivity contribution in [3.05, 3.63) is 41.0 Å². The van der Waals surface area contributed by atoms with Crippen molar-refractivity contribution in [1.29, 1.82) is 0 Å². The molecule has 0 fully saturated rings. The zero-order chi connectivity index (χ0) is 18.6. The molecule has 0 bridgehead atoms. The number of phenols is 2. The third-order valence-electron chi connectivity index (χ3n) is 3.87. The molecule has 1 aromatic carbocycles. The predicted octanol–water partition coefficient (Wildman–Crippen LogP) is 1.27. The second-order valence-corrected chi connectivity index (χ2v) is 5.94. The number of ketones is 1. The largest absolute Gasteiger partial charge is 0.508 e. The highest BCUT2D eigenvalue weighted by Gasteiger charge is 2.22. The van der Waals surface area contributed by atoms with Crippen LogP contribution in [0.1, 0.15) is 35.7 Å². The van der Waals surface area contributed by atoms with E-state index in [2.05, 4.69) is 0 Å². The minimum Gasteiger partial charge on any atom is -0.508 e. The van der Waals surface area contributed by atoms with E-state index in [1.54, 1.807) is 6.92 Å². The van der Waals surface area contributed by atoms with Gasteiger partial charge in [0, 0.05) is 12.5 Å². The van der Waals surface area contributed by atoms with Gasteiger partial charge in [0.1, 0.15) is 17.1 Å². The van der Waals surface area contributed by atoms with Gasteiger partial charge in [-0.25, -0.2) is 4.79 Å². The van der Waals surface area contributed by atoms with Gasteiger partial charge in [0.2, 0.25) is 0 Å². The fourth-order valence-electron chi connectivity index (χ4n) is 2.45. The van der Waals surface area contributed by atoms with Crippen molar-refractivity contribution in [2.45, 2.75) is 31.9 Å². The van der Waals surface area contributed by atoms with Gasteiger partial charge in [0.25, 0.3) is 0 Å². The normalized spacial score (nSPS) is 22.6. The van der Waals surface area contributed by atoms with Crippen molar-refractivity contribution in [3.63, 3.8) is 0 Å². The average Bonchev–Trinajstić information content (AvgIpc) is 2.52. The van der Waals surface area contributed by atoms with Crippen LogP contribution >= 0.6 is 0 Å². The molecule has 0 amide bonds. The molecule has 1 aliphatic rings. The summed E-state index contributed by atoms with van der Waals surface area (Å²) in [6.07, 6.45) is 3.56. The van der Waals surface area contributed by atoms with E-state index in [9.17, 15) is 24.9 Å². The highest BCUT2D eigenvalue weighted by Crippen LogP contribution is 2.29. The summed E-state index contributed by atoms with van der Waals surface area (Å²) in [5.74, 6) is -1.78. The van der Waals surface area contributed by atoms with E-state index in [1.807, 2.05) is 0 Å². The quantitative estimate of drug-likeness (QED) is 0.520. The van der Waals surface area contributed by atoms with Gasteiger partial charge in [0.05, 0.1) is 18.8 Å². The second-order valence-electron chi connectivity index (χ2n) is 5.94. The zero-order valence-electron chi connectivity index (χ0n) is 13.8. The van der Waals surface area contributed by atoms with Gasteiger partial charge in [-0.2, -0.15) is 0 Å². The van der Waals surface area contributed by atoms with Crippen LogP contribution in [0.2, 0.25) is 0 Å². The summed E-state index contributed by atoms with van der Waals surface area (Å²) in [5.41, 5.74) is 6.57. The van der Waals surface area contributed by atoms with Crippen molar-refractivity contribution in [3.8, 4) is 11.5 Å². The van der Waals surface area contributed by atoms with Gasteiger partial charge in [-0.15, -0.1) is 0 Å². The molecule has 1 aliphatic heterocycles. The molecule has 0 aromatic heterocycles. The number of rotatable bonds is 0. The minimum atomic E-state index is -1.10. The van der Waals surface area contributed by atoms with E-state index in [-0.39, 0.29) is 29.9 Å². The van der Waals surface area contributed by atoms with Crippen LogP contribution in [0.15, 0.2) is 29.9 Å². The standard InChI is InChI=1S/C18H21NO6/c1-10-5-6-25-18(24)16-11(8-12(20)9-14(16)22)3-2-4-13(21)17(19)15(23)7-10/h2-3,7-9,13,17,20-22H,4-6,19H2,1H3/t13-,17-/m0/s1. The lowest BCUT2D eigenvalue weighted by atomic mass is 10.00. The first kappa shape index (κ1) is 18.7. The molecule has 1 heterocycles. The summed E-state index contributed by atoms with van der Waals surface area (Å²) in [5, 5.41) is 29.6. The van der Waals surface area contributed by atoms with Gasteiger partial charge in [0.15, 0.2) is 5.78 Å². The Labute approximate surface area is 145 Å². The molecule has 7 heteroatoms. The molecule has 2 atom stereocenters. The maximum absolute atomic E-state index is 12.2. The summed E-state index contributed by atoms with van der Waals surface area (Å²) in [4.78, 5) is 24.2. The lowest BCUT2D eigenvalue weighted by Gasteiger charge is -2.16. The van der Waals surface area contributed by atoms with Crippen LogP contribution in [0.3, 0.4) is 0 Å². The SMILES string of the molecule is CC1=CC(=O)[C@@H](N)[C@@H](O)CC=Cc2cc(O)cc(O)c2C(=O)OCC1. The molecule has 0 saturated carbocycles. The fourth-order valence-corrected chi connectivity index (χ4v) is 2.45. The Balaban J connectivity index is 2.41. The zero-order valence-corrected chi connectivity index (χ0v) is 13.8. The van der Waals surface area contributed by atoms with Gasteiger partial charge < -0.3 is 25.8 Å². The summed E-state index contributed by atoms with van der Waals surface area (Å²) in [6.45, 7) is 1.70. The monoisotopic (exact) mass is 347 g/mol. The van der Waals surface area contributed by atoms with E-state index < -0.39 is 29.6 Å². The number of ether oxygens (including phenoxy) is 1. The smallest absolute Gasteiger partial charge is 0.342 e. The number of carbonyl (C=O) groups is 2. The summed E-state index contributed by atoms with van der Waals surface area (Å²) < 4.78 is 5.14. The molecule has 7 nitrogen and oxygen atoms in total. The Bertz CT molecular complexity index is 737. The highest BCUT2D eigenvalue weighted by molar-refractivity contribution is 5.97. The molecule has 0 radical (unpaired) electrons. The number of carbonyl (C=O) groups excluding carboxylic acids is 2. The number of fused-ring (bicyclic) bond motifs is 1. The first-order valence-corrected chi connectivity index (χ1v) is 7.84. The number of aliphatic hydroxyl groups is 1. The number of hydrogen-bond acceptors (Lipinski definition) is 7. The van der Waals surface area contributed by atoms with E-state index >= 15 is 0 Å². The van der Waals surface area contributed by atoms with E-state index in [0.29, 0.717) is 12.0 Å². The van der Waals surface area contributed by atoms with Crippen LogP contribution in [0.25, 0.3) is 6.08 Å². The number of esters is 1. The molecular weight excluding hydrogens is 326 g/mol. The average molecular weight is 347 g/mol. The second kappa shape index (κ2) is 7.96. The highest BCUT2D eigenvalue weighted by atomic mass is 16.5. The maximum atomic E-state index is 12.2. The molecule has 2 rings (SSSR count). The molecule has 0 unspecified atom stereocenters. The third kappa shape index (κ3) is 4.68. The number of nitrogens with two attached hydrogens (primary N) is 1. The van der Waals surface area contributed by atoms with Gasteiger partial charge in [-0.3, -0.25) is 4.79 Å². The van der Waals surface area contributed by atoms with Crippen molar-refractivity contribution < 1.29 is 29.6 Å². The van der Waals surface area contributed by atoms with E-state index in [0.717, 1.165) is 6.07 Å². The Hall–Kier alpha value is -2.64. The first-order valence-electron chi connectivity index (χ1n) is 7.84. The molecule has 134 valence electrons. The number of aromatic hydroxyl groups is 2. The Kier molecular flexibility index (Phi) is 5.95. The van der Waals surface area contributed by atoms with Crippen LogP contribution < -0.4 is 5.73 Å². The number of cyclic esters (lactones) is 1. The Morgan fingerprint density at radius 2 is 1.96 bits per heavy atom. The Morgan fingerprint density at radius 1 is 1.24 bits per heavy atom. The van der Waals surface area contributed by atoms with Crippen LogP contribution in [0.5, 0.6) is 11.5 Å². The third-order valence-corrected chi connectivity index (χ3v) is 3.87. The minimum absolute atomic E-state index is 0.00963.